The average Bonchev–Trinajstić information content (AvgIpc) is 3.15. The molecule has 2 N–H and O–H groups in total. The number of carbonyl (C=O) groups excluding carboxylic acids is 3. The molecule has 0 bridgehead atoms. The molecule has 21 heavy (non-hydrogen) atoms. The van der Waals surface area contributed by atoms with Gasteiger partial charge in [-0.25, -0.2) is 4.79 Å². The highest BCUT2D eigenvalue weighted by Crippen LogP contribution is 2.22. The molecule has 4 amide bonds. The van der Waals surface area contributed by atoms with Crippen LogP contribution in [-0.2, 0) is 9.59 Å². The van der Waals surface area contributed by atoms with Crippen LogP contribution in [-0.4, -0.2) is 66.4 Å². The molecule has 7 heteroatoms. The van der Waals surface area contributed by atoms with Crippen molar-refractivity contribution in [2.24, 2.45) is 0 Å². The van der Waals surface area contributed by atoms with Crippen LogP contribution >= 0.6 is 0 Å². The first-order valence-corrected chi connectivity index (χ1v) is 7.61. The second-order valence-electron chi connectivity index (χ2n) is 5.70. The second kappa shape index (κ2) is 6.78. The lowest BCUT2D eigenvalue weighted by Crippen LogP contribution is -2.50. The largest absolute Gasteiger partial charge is 0.352 e. The lowest BCUT2D eigenvalue weighted by molar-refractivity contribution is -0.137. The molecule has 1 atom stereocenters. The highest BCUT2D eigenvalue weighted by molar-refractivity contribution is 5.90. The smallest absolute Gasteiger partial charge is 0.317 e. The summed E-state index contributed by atoms with van der Waals surface area (Å²) in [7, 11) is 1.67. The molecule has 2 fully saturated rings. The monoisotopic (exact) mass is 296 g/mol. The summed E-state index contributed by atoms with van der Waals surface area (Å²) in [5.41, 5.74) is 0. The van der Waals surface area contributed by atoms with Gasteiger partial charge in [-0.2, -0.15) is 0 Å². The highest BCUT2D eigenvalue weighted by Gasteiger charge is 2.36. The van der Waals surface area contributed by atoms with E-state index in [9.17, 15) is 14.4 Å². The van der Waals surface area contributed by atoms with Gasteiger partial charge in [0.15, 0.2) is 0 Å². The number of nitrogens with one attached hydrogen (secondary N) is 2. The summed E-state index contributed by atoms with van der Waals surface area (Å²) in [6.07, 6.45) is 3.60. The Hall–Kier alpha value is -1.79. The van der Waals surface area contributed by atoms with E-state index in [1.54, 1.807) is 11.9 Å². The number of likely N-dealkylation sites (tertiary alicyclic amines) is 1. The fraction of sp³-hybridized carbons (Fsp3) is 0.786. The first-order chi connectivity index (χ1) is 10.0. The van der Waals surface area contributed by atoms with Gasteiger partial charge < -0.3 is 20.4 Å². The van der Waals surface area contributed by atoms with Gasteiger partial charge in [-0.1, -0.05) is 0 Å². The SMILES string of the molecule is CCN(C)C(=O)NCC(=O)N1CCC[C@H]1C(=O)NC1CC1. The van der Waals surface area contributed by atoms with E-state index in [1.807, 2.05) is 6.92 Å². The Balaban J connectivity index is 1.82. The Morgan fingerprint density at radius 3 is 2.57 bits per heavy atom. The molecular formula is C14H24N4O3. The van der Waals surface area contributed by atoms with Gasteiger partial charge in [0.05, 0.1) is 6.54 Å². The van der Waals surface area contributed by atoms with Crippen molar-refractivity contribution in [2.45, 2.75) is 44.7 Å². The van der Waals surface area contributed by atoms with Crippen molar-refractivity contribution in [1.82, 2.24) is 20.4 Å². The van der Waals surface area contributed by atoms with E-state index < -0.39 is 0 Å². The zero-order valence-electron chi connectivity index (χ0n) is 12.7. The number of hydrogen-bond donors (Lipinski definition) is 2. The van der Waals surface area contributed by atoms with Crippen molar-refractivity contribution in [3.63, 3.8) is 0 Å². The first kappa shape index (κ1) is 15.6. The number of carbonyl (C=O) groups is 3. The lowest BCUT2D eigenvalue weighted by Gasteiger charge is -2.24. The summed E-state index contributed by atoms with van der Waals surface area (Å²) in [6, 6.07) is -0.351. The maximum atomic E-state index is 12.2. The second-order valence-corrected chi connectivity index (χ2v) is 5.70. The fourth-order valence-corrected chi connectivity index (χ4v) is 2.39. The van der Waals surface area contributed by atoms with E-state index in [0.717, 1.165) is 19.3 Å². The van der Waals surface area contributed by atoms with Gasteiger partial charge in [-0.05, 0) is 32.6 Å². The summed E-state index contributed by atoms with van der Waals surface area (Å²) < 4.78 is 0. The van der Waals surface area contributed by atoms with Crippen LogP contribution in [0.5, 0.6) is 0 Å². The Bertz CT molecular complexity index is 422. The van der Waals surface area contributed by atoms with E-state index in [4.69, 9.17) is 0 Å². The molecular weight excluding hydrogens is 272 g/mol. The van der Waals surface area contributed by atoms with Gasteiger partial charge in [0.25, 0.3) is 0 Å². The zero-order chi connectivity index (χ0) is 15.4. The third-order valence-corrected chi connectivity index (χ3v) is 4.01. The van der Waals surface area contributed by atoms with Crippen molar-refractivity contribution >= 4 is 17.8 Å². The van der Waals surface area contributed by atoms with E-state index >= 15 is 0 Å². The molecule has 2 aliphatic rings. The lowest BCUT2D eigenvalue weighted by atomic mass is 10.2. The molecule has 0 radical (unpaired) electrons. The Morgan fingerprint density at radius 1 is 1.24 bits per heavy atom. The summed E-state index contributed by atoms with van der Waals surface area (Å²) >= 11 is 0. The molecule has 0 unspecified atom stereocenters. The normalized spacial score (nSPS) is 21.0. The molecule has 1 saturated carbocycles. The Kier molecular flexibility index (Phi) is 5.03. The molecule has 0 spiro atoms. The molecule has 1 aliphatic carbocycles. The van der Waals surface area contributed by atoms with Crippen molar-refractivity contribution < 1.29 is 14.4 Å². The standard InChI is InChI=1S/C14H24N4O3/c1-3-17(2)14(21)15-9-12(19)18-8-4-5-11(18)13(20)16-10-6-7-10/h10-11H,3-9H2,1-2H3,(H,15,21)(H,16,20)/t11-/m0/s1. The predicted octanol–water partition coefficient (Wildman–Crippen LogP) is -0.0827. The Morgan fingerprint density at radius 2 is 1.95 bits per heavy atom. The minimum absolute atomic E-state index is 0.0552. The minimum Gasteiger partial charge on any atom is -0.352 e. The van der Waals surface area contributed by atoms with Crippen LogP contribution in [0.15, 0.2) is 0 Å². The van der Waals surface area contributed by atoms with Crippen LogP contribution in [0.4, 0.5) is 4.79 Å². The molecule has 7 nitrogen and oxygen atoms in total. The topological polar surface area (TPSA) is 81.8 Å². The number of hydrogen-bond acceptors (Lipinski definition) is 3. The number of urea groups is 1. The molecule has 0 aromatic rings. The third kappa shape index (κ3) is 4.09. The minimum atomic E-state index is -0.376. The fourth-order valence-electron chi connectivity index (χ4n) is 2.39. The molecule has 1 aliphatic heterocycles. The highest BCUT2D eigenvalue weighted by atomic mass is 16.2. The maximum Gasteiger partial charge on any atom is 0.317 e. The molecule has 118 valence electrons. The third-order valence-electron chi connectivity index (χ3n) is 4.01. The molecule has 1 heterocycles. The molecule has 0 aromatic heterocycles. The maximum absolute atomic E-state index is 12.2. The number of nitrogens with zero attached hydrogens (tertiary/aromatic N) is 2. The van der Waals surface area contributed by atoms with E-state index in [0.29, 0.717) is 25.6 Å². The first-order valence-electron chi connectivity index (χ1n) is 7.61. The van der Waals surface area contributed by atoms with Crippen LogP contribution in [0.1, 0.15) is 32.6 Å². The van der Waals surface area contributed by atoms with Crippen LogP contribution in [0, 0.1) is 0 Å². The van der Waals surface area contributed by atoms with E-state index in [-0.39, 0.29) is 30.4 Å². The van der Waals surface area contributed by atoms with Crippen molar-refractivity contribution in [1.29, 1.82) is 0 Å². The van der Waals surface area contributed by atoms with E-state index in [1.165, 1.54) is 4.90 Å². The van der Waals surface area contributed by atoms with Crippen molar-refractivity contribution in [2.75, 3.05) is 26.7 Å². The molecule has 2 rings (SSSR count). The van der Waals surface area contributed by atoms with Gasteiger partial charge in [0.2, 0.25) is 11.8 Å². The summed E-state index contributed by atoms with van der Waals surface area (Å²) in [5.74, 6) is -0.248. The summed E-state index contributed by atoms with van der Waals surface area (Å²) in [5, 5.41) is 5.53. The molecule has 1 saturated heterocycles. The Labute approximate surface area is 125 Å². The van der Waals surface area contributed by atoms with Crippen molar-refractivity contribution in [3.8, 4) is 0 Å². The number of amides is 4. The average molecular weight is 296 g/mol. The van der Waals surface area contributed by atoms with Crippen LogP contribution in [0.25, 0.3) is 0 Å². The summed E-state index contributed by atoms with van der Waals surface area (Å²) in [6.45, 7) is 2.97. The van der Waals surface area contributed by atoms with Gasteiger partial charge in [-0.15, -0.1) is 0 Å². The van der Waals surface area contributed by atoms with Gasteiger partial charge in [-0.3, -0.25) is 9.59 Å². The van der Waals surface area contributed by atoms with Crippen molar-refractivity contribution in [3.05, 3.63) is 0 Å². The van der Waals surface area contributed by atoms with Gasteiger partial charge in [0.1, 0.15) is 6.04 Å². The van der Waals surface area contributed by atoms with Gasteiger partial charge >= 0.3 is 6.03 Å². The van der Waals surface area contributed by atoms with Crippen LogP contribution in [0.2, 0.25) is 0 Å². The number of rotatable bonds is 5. The zero-order valence-corrected chi connectivity index (χ0v) is 12.7. The van der Waals surface area contributed by atoms with Crippen LogP contribution in [0.3, 0.4) is 0 Å². The van der Waals surface area contributed by atoms with Crippen LogP contribution < -0.4 is 10.6 Å². The quantitative estimate of drug-likeness (QED) is 0.744. The molecule has 0 aromatic carbocycles. The predicted molar refractivity (Wildman–Crippen MR) is 77.6 cm³/mol. The van der Waals surface area contributed by atoms with E-state index in [2.05, 4.69) is 10.6 Å². The van der Waals surface area contributed by atoms with Gasteiger partial charge in [0, 0.05) is 26.2 Å². The summed E-state index contributed by atoms with van der Waals surface area (Å²) in [4.78, 5) is 39.0.